The van der Waals surface area contributed by atoms with Gasteiger partial charge in [-0.15, -0.1) is 5.06 Å². The van der Waals surface area contributed by atoms with Crippen LogP contribution in [0.4, 0.5) is 4.79 Å². The number of amides is 2. The summed E-state index contributed by atoms with van der Waals surface area (Å²) in [4.78, 5) is 22.5. The van der Waals surface area contributed by atoms with Crippen LogP contribution < -0.4 is 0 Å². The molecule has 86 valence electrons. The van der Waals surface area contributed by atoms with Gasteiger partial charge in [-0.1, -0.05) is 11.6 Å². The third-order valence-electron chi connectivity index (χ3n) is 1.72. The van der Waals surface area contributed by atoms with Crippen LogP contribution in [0.2, 0.25) is 5.02 Å². The van der Waals surface area contributed by atoms with Crippen molar-refractivity contribution < 1.29 is 19.5 Å². The Bertz CT molecular complexity index is 390. The van der Waals surface area contributed by atoms with Gasteiger partial charge < -0.3 is 4.74 Å². The molecule has 1 rings (SSSR count). The van der Waals surface area contributed by atoms with Crippen molar-refractivity contribution in [2.45, 2.75) is 6.92 Å². The van der Waals surface area contributed by atoms with Crippen LogP contribution >= 0.6 is 11.6 Å². The van der Waals surface area contributed by atoms with Crippen molar-refractivity contribution in [2.75, 3.05) is 6.61 Å². The average molecular weight is 244 g/mol. The van der Waals surface area contributed by atoms with E-state index >= 15 is 0 Å². The van der Waals surface area contributed by atoms with Crippen LogP contribution in [-0.4, -0.2) is 28.9 Å². The van der Waals surface area contributed by atoms with Gasteiger partial charge in [0.2, 0.25) is 0 Å². The Kier molecular flexibility index (Phi) is 4.28. The molecule has 6 heteroatoms. The fourth-order valence-electron chi connectivity index (χ4n) is 0.982. The fraction of sp³-hybridized carbons (Fsp3) is 0.200. The molecule has 1 N–H and O–H groups in total. The summed E-state index contributed by atoms with van der Waals surface area (Å²) in [5, 5.41) is 9.60. The van der Waals surface area contributed by atoms with E-state index < -0.39 is 12.0 Å². The molecule has 0 saturated carbocycles. The fourth-order valence-corrected chi connectivity index (χ4v) is 1.11. The summed E-state index contributed by atoms with van der Waals surface area (Å²) < 4.78 is 4.46. The van der Waals surface area contributed by atoms with Crippen molar-refractivity contribution in [1.82, 2.24) is 5.06 Å². The third-order valence-corrected chi connectivity index (χ3v) is 1.98. The van der Waals surface area contributed by atoms with Crippen LogP contribution in [0.5, 0.6) is 0 Å². The van der Waals surface area contributed by atoms with Gasteiger partial charge in [0.1, 0.15) is 0 Å². The minimum absolute atomic E-state index is 0.0732. The molecule has 0 bridgehead atoms. The van der Waals surface area contributed by atoms with Crippen LogP contribution in [0.1, 0.15) is 17.3 Å². The van der Waals surface area contributed by atoms with Crippen molar-refractivity contribution in [1.29, 1.82) is 0 Å². The van der Waals surface area contributed by atoms with Crippen molar-refractivity contribution in [3.8, 4) is 0 Å². The molecule has 0 aliphatic rings. The SMILES string of the molecule is CCOC(=O)N(O)C(=O)c1ccc(Cl)cc1. The summed E-state index contributed by atoms with van der Waals surface area (Å²) in [5.74, 6) is -0.866. The van der Waals surface area contributed by atoms with E-state index in [4.69, 9.17) is 11.6 Å². The number of carbonyl (C=O) groups excluding carboxylic acids is 2. The number of imide groups is 1. The molecule has 0 aliphatic heterocycles. The minimum Gasteiger partial charge on any atom is -0.448 e. The van der Waals surface area contributed by atoms with Gasteiger partial charge in [-0.2, -0.15) is 0 Å². The van der Waals surface area contributed by atoms with Crippen LogP contribution in [-0.2, 0) is 4.74 Å². The number of hydrogen-bond donors (Lipinski definition) is 1. The van der Waals surface area contributed by atoms with Crippen molar-refractivity contribution in [2.24, 2.45) is 0 Å². The Morgan fingerprint density at radius 2 is 1.94 bits per heavy atom. The quantitative estimate of drug-likeness (QED) is 0.639. The molecule has 0 saturated heterocycles. The first-order chi connectivity index (χ1) is 7.56. The minimum atomic E-state index is -1.11. The molecule has 2 amide bonds. The molecule has 0 unspecified atom stereocenters. The summed E-state index contributed by atoms with van der Waals surface area (Å²) in [6, 6.07) is 5.75. The molecule has 16 heavy (non-hydrogen) atoms. The molecule has 0 heterocycles. The average Bonchev–Trinajstić information content (AvgIpc) is 2.28. The first kappa shape index (κ1) is 12.5. The normalized spacial score (nSPS) is 9.69. The summed E-state index contributed by atoms with van der Waals surface area (Å²) in [5.41, 5.74) is 0.139. The highest BCUT2D eigenvalue weighted by Crippen LogP contribution is 2.11. The Hall–Kier alpha value is -1.59. The maximum atomic E-state index is 11.5. The van der Waals surface area contributed by atoms with E-state index in [1.54, 1.807) is 6.92 Å². The monoisotopic (exact) mass is 243 g/mol. The van der Waals surface area contributed by atoms with E-state index in [0.717, 1.165) is 0 Å². The van der Waals surface area contributed by atoms with E-state index in [1.807, 2.05) is 0 Å². The van der Waals surface area contributed by atoms with Crippen molar-refractivity contribution >= 4 is 23.6 Å². The zero-order chi connectivity index (χ0) is 12.1. The highest BCUT2D eigenvalue weighted by Gasteiger charge is 2.21. The number of halogens is 1. The number of carbonyl (C=O) groups is 2. The Balaban J connectivity index is 2.78. The maximum Gasteiger partial charge on any atom is 0.441 e. The van der Waals surface area contributed by atoms with E-state index in [-0.39, 0.29) is 17.2 Å². The van der Waals surface area contributed by atoms with Crippen molar-refractivity contribution in [3.63, 3.8) is 0 Å². The van der Waals surface area contributed by atoms with Crippen LogP contribution in [0.3, 0.4) is 0 Å². The topological polar surface area (TPSA) is 66.8 Å². The number of ether oxygens (including phenoxy) is 1. The van der Waals surface area contributed by atoms with E-state index in [0.29, 0.717) is 5.02 Å². The van der Waals surface area contributed by atoms with Crippen LogP contribution in [0.15, 0.2) is 24.3 Å². The van der Waals surface area contributed by atoms with Gasteiger partial charge in [0.25, 0.3) is 5.91 Å². The molecule has 0 spiro atoms. The molecule has 1 aromatic rings. The largest absolute Gasteiger partial charge is 0.448 e. The summed E-state index contributed by atoms with van der Waals surface area (Å²) in [6.07, 6.45) is -1.11. The second-order valence-electron chi connectivity index (χ2n) is 2.82. The lowest BCUT2D eigenvalue weighted by molar-refractivity contribution is -0.0484. The highest BCUT2D eigenvalue weighted by atomic mass is 35.5. The van der Waals surface area contributed by atoms with E-state index in [9.17, 15) is 14.8 Å². The summed E-state index contributed by atoms with van der Waals surface area (Å²) in [6.45, 7) is 1.64. The first-order valence-corrected chi connectivity index (χ1v) is 4.89. The maximum absolute atomic E-state index is 11.5. The second-order valence-corrected chi connectivity index (χ2v) is 3.26. The zero-order valence-electron chi connectivity index (χ0n) is 8.51. The molecule has 0 fully saturated rings. The lowest BCUT2D eigenvalue weighted by Gasteiger charge is -2.12. The lowest BCUT2D eigenvalue weighted by atomic mass is 10.2. The highest BCUT2D eigenvalue weighted by molar-refractivity contribution is 6.30. The third kappa shape index (κ3) is 2.95. The molecule has 0 aromatic heterocycles. The van der Waals surface area contributed by atoms with Gasteiger partial charge in [-0.05, 0) is 31.2 Å². The van der Waals surface area contributed by atoms with E-state index in [2.05, 4.69) is 4.74 Å². The van der Waals surface area contributed by atoms with Crippen molar-refractivity contribution in [3.05, 3.63) is 34.9 Å². The van der Waals surface area contributed by atoms with Crippen LogP contribution in [0.25, 0.3) is 0 Å². The Labute approximate surface area is 97.1 Å². The molecule has 0 atom stereocenters. The molecular weight excluding hydrogens is 234 g/mol. The molecular formula is C10H10ClNO4. The predicted octanol–water partition coefficient (Wildman–Crippen LogP) is 2.33. The number of benzene rings is 1. The smallest absolute Gasteiger partial charge is 0.441 e. The standard InChI is InChI=1S/C10H10ClNO4/c1-2-16-10(14)12(15)9(13)7-3-5-8(11)6-4-7/h3-6,15H,2H2,1H3. The van der Waals surface area contributed by atoms with Crippen LogP contribution in [0, 0.1) is 0 Å². The first-order valence-electron chi connectivity index (χ1n) is 4.52. The van der Waals surface area contributed by atoms with Gasteiger partial charge in [0.15, 0.2) is 0 Å². The predicted molar refractivity (Wildman–Crippen MR) is 56.4 cm³/mol. The van der Waals surface area contributed by atoms with Gasteiger partial charge >= 0.3 is 6.09 Å². The zero-order valence-corrected chi connectivity index (χ0v) is 9.27. The van der Waals surface area contributed by atoms with Gasteiger partial charge in [-0.3, -0.25) is 10.0 Å². The molecule has 0 radical (unpaired) electrons. The molecule has 1 aromatic carbocycles. The Morgan fingerprint density at radius 1 is 1.38 bits per heavy atom. The molecule has 5 nitrogen and oxygen atoms in total. The Morgan fingerprint density at radius 3 is 2.44 bits per heavy atom. The second kappa shape index (κ2) is 5.48. The van der Waals surface area contributed by atoms with Gasteiger partial charge in [-0.25, -0.2) is 4.79 Å². The summed E-state index contributed by atoms with van der Waals surface area (Å²) >= 11 is 5.63. The summed E-state index contributed by atoms with van der Waals surface area (Å²) in [7, 11) is 0. The number of hydrogen-bond acceptors (Lipinski definition) is 4. The van der Waals surface area contributed by atoms with Gasteiger partial charge in [0.05, 0.1) is 6.61 Å². The lowest BCUT2D eigenvalue weighted by Crippen LogP contribution is -2.34. The van der Waals surface area contributed by atoms with E-state index in [1.165, 1.54) is 24.3 Å². The molecule has 0 aliphatic carbocycles. The number of nitrogens with zero attached hydrogens (tertiary/aromatic N) is 1. The number of rotatable bonds is 2. The van der Waals surface area contributed by atoms with Gasteiger partial charge in [0, 0.05) is 10.6 Å². The number of hydroxylamine groups is 2.